The van der Waals surface area contributed by atoms with Gasteiger partial charge in [0.1, 0.15) is 11.5 Å². The Morgan fingerprint density at radius 3 is 2.64 bits per heavy atom. The lowest BCUT2D eigenvalue weighted by atomic mass is 10.1. The minimum Gasteiger partial charge on any atom is -0.490 e. The Morgan fingerprint density at radius 1 is 1.21 bits per heavy atom. The fourth-order valence-corrected chi connectivity index (χ4v) is 2.92. The predicted octanol–water partition coefficient (Wildman–Crippen LogP) is 4.09. The first kappa shape index (κ1) is 19.7. The zero-order valence-electron chi connectivity index (χ0n) is 14.6. The number of thiocarbonyl (C=S) groups is 1. The Morgan fingerprint density at radius 2 is 1.96 bits per heavy atom. The SMILES string of the molecule is CCOc1cc(/C=C2\NC(=S)N(c3ccccc3F)C2=O)ccc1OC(F)F. The molecule has 0 bridgehead atoms. The van der Waals surface area contributed by atoms with E-state index in [0.29, 0.717) is 5.56 Å². The van der Waals surface area contributed by atoms with Gasteiger partial charge in [0.15, 0.2) is 16.6 Å². The van der Waals surface area contributed by atoms with Gasteiger partial charge in [-0.3, -0.25) is 4.79 Å². The standard InChI is InChI=1S/C19H15F3N2O3S/c1-2-26-16-10-11(7-8-15(16)27-18(21)22)9-13-17(25)24(19(28)23-13)14-6-4-3-5-12(14)20/h3-10,18H,2H2,1H3,(H,23,28)/b13-9-. The largest absolute Gasteiger partial charge is 0.490 e. The van der Waals surface area contributed by atoms with E-state index in [9.17, 15) is 18.0 Å². The number of halogens is 3. The number of hydrogen-bond acceptors (Lipinski definition) is 4. The van der Waals surface area contributed by atoms with E-state index in [0.717, 1.165) is 4.90 Å². The van der Waals surface area contributed by atoms with E-state index in [1.54, 1.807) is 13.0 Å². The molecule has 1 N–H and O–H groups in total. The number of ether oxygens (including phenoxy) is 2. The summed E-state index contributed by atoms with van der Waals surface area (Å²) < 4.78 is 48.8. The van der Waals surface area contributed by atoms with Gasteiger partial charge in [-0.15, -0.1) is 0 Å². The minimum atomic E-state index is -2.99. The van der Waals surface area contributed by atoms with Crippen LogP contribution in [0, 0.1) is 5.82 Å². The quantitative estimate of drug-likeness (QED) is 0.577. The number of amides is 1. The molecule has 3 rings (SSSR count). The fraction of sp³-hybridized carbons (Fsp3) is 0.158. The smallest absolute Gasteiger partial charge is 0.387 e. The molecule has 1 saturated heterocycles. The lowest BCUT2D eigenvalue weighted by molar-refractivity contribution is -0.113. The third-order valence-corrected chi connectivity index (χ3v) is 4.05. The van der Waals surface area contributed by atoms with Crippen LogP contribution in [0.15, 0.2) is 48.2 Å². The summed E-state index contributed by atoms with van der Waals surface area (Å²) in [6.45, 7) is -1.06. The van der Waals surface area contributed by atoms with Gasteiger partial charge in [0.25, 0.3) is 5.91 Å². The summed E-state index contributed by atoms with van der Waals surface area (Å²) in [5.74, 6) is -1.14. The molecule has 28 heavy (non-hydrogen) atoms. The number of alkyl halides is 2. The van der Waals surface area contributed by atoms with Crippen LogP contribution in [0.2, 0.25) is 0 Å². The van der Waals surface area contributed by atoms with Gasteiger partial charge in [-0.2, -0.15) is 8.78 Å². The molecule has 0 aliphatic carbocycles. The lowest BCUT2D eigenvalue weighted by Crippen LogP contribution is -2.31. The van der Waals surface area contributed by atoms with Crippen molar-refractivity contribution in [3.63, 3.8) is 0 Å². The second kappa shape index (κ2) is 8.30. The summed E-state index contributed by atoms with van der Waals surface area (Å²) in [5.41, 5.74) is 0.626. The van der Waals surface area contributed by atoms with Crippen LogP contribution in [0.5, 0.6) is 11.5 Å². The maximum absolute atomic E-state index is 14.0. The van der Waals surface area contributed by atoms with E-state index in [2.05, 4.69) is 10.1 Å². The van der Waals surface area contributed by atoms with Crippen LogP contribution in [-0.2, 0) is 4.79 Å². The van der Waals surface area contributed by atoms with Crippen LogP contribution in [0.3, 0.4) is 0 Å². The third-order valence-electron chi connectivity index (χ3n) is 3.77. The molecule has 1 heterocycles. The Bertz CT molecular complexity index is 950. The van der Waals surface area contributed by atoms with E-state index in [1.807, 2.05) is 0 Å². The lowest BCUT2D eigenvalue weighted by Gasteiger charge is -2.14. The summed E-state index contributed by atoms with van der Waals surface area (Å²) in [7, 11) is 0. The molecule has 1 aliphatic heterocycles. The third kappa shape index (κ3) is 4.09. The number of rotatable bonds is 6. The average molecular weight is 408 g/mol. The van der Waals surface area contributed by atoms with E-state index in [-0.39, 0.29) is 34.6 Å². The van der Waals surface area contributed by atoms with Crippen molar-refractivity contribution >= 4 is 35.0 Å². The maximum Gasteiger partial charge on any atom is 0.387 e. The van der Waals surface area contributed by atoms with E-state index in [4.69, 9.17) is 17.0 Å². The van der Waals surface area contributed by atoms with Crippen LogP contribution in [0.4, 0.5) is 18.9 Å². The summed E-state index contributed by atoms with van der Waals surface area (Å²) >= 11 is 5.15. The molecule has 0 radical (unpaired) electrons. The van der Waals surface area contributed by atoms with Crippen LogP contribution >= 0.6 is 12.2 Å². The number of anilines is 1. The summed E-state index contributed by atoms with van der Waals surface area (Å²) in [5, 5.41) is 2.77. The summed E-state index contributed by atoms with van der Waals surface area (Å²) in [6, 6.07) is 10.0. The van der Waals surface area contributed by atoms with Crippen LogP contribution in [0.1, 0.15) is 12.5 Å². The van der Waals surface area contributed by atoms with Crippen molar-refractivity contribution in [3.8, 4) is 11.5 Å². The van der Waals surface area contributed by atoms with E-state index < -0.39 is 18.3 Å². The number of benzene rings is 2. The summed E-state index contributed by atoms with van der Waals surface area (Å²) in [4.78, 5) is 13.7. The highest BCUT2D eigenvalue weighted by atomic mass is 32.1. The van der Waals surface area contributed by atoms with E-state index in [1.165, 1.54) is 42.5 Å². The Hall–Kier alpha value is -3.07. The van der Waals surface area contributed by atoms with Gasteiger partial charge in [-0.1, -0.05) is 18.2 Å². The van der Waals surface area contributed by atoms with Crippen molar-refractivity contribution in [2.24, 2.45) is 0 Å². The van der Waals surface area contributed by atoms with Crippen LogP contribution < -0.4 is 19.7 Å². The molecule has 1 fully saturated rings. The van der Waals surface area contributed by atoms with Crippen molar-refractivity contribution in [1.82, 2.24) is 5.32 Å². The zero-order valence-corrected chi connectivity index (χ0v) is 15.4. The summed E-state index contributed by atoms with van der Waals surface area (Å²) in [6.07, 6.45) is 1.46. The fourth-order valence-electron chi connectivity index (χ4n) is 2.63. The molecule has 0 unspecified atom stereocenters. The Labute approximate surface area is 164 Å². The number of nitrogens with zero attached hydrogens (tertiary/aromatic N) is 1. The first-order valence-corrected chi connectivity index (χ1v) is 8.65. The van der Waals surface area contributed by atoms with Gasteiger partial charge in [-0.05, 0) is 55.0 Å². The molecule has 146 valence electrons. The first-order valence-electron chi connectivity index (χ1n) is 8.24. The highest BCUT2D eigenvalue weighted by Gasteiger charge is 2.33. The van der Waals surface area contributed by atoms with Crippen molar-refractivity contribution in [1.29, 1.82) is 0 Å². The number of carbonyl (C=O) groups is 1. The van der Waals surface area contributed by atoms with Gasteiger partial charge < -0.3 is 14.8 Å². The average Bonchev–Trinajstić information content (AvgIpc) is 2.91. The zero-order chi connectivity index (χ0) is 20.3. The van der Waals surface area contributed by atoms with E-state index >= 15 is 0 Å². The molecule has 0 saturated carbocycles. The second-order valence-electron chi connectivity index (χ2n) is 5.60. The number of nitrogens with one attached hydrogen (secondary N) is 1. The Balaban J connectivity index is 1.91. The molecule has 0 atom stereocenters. The normalized spacial score (nSPS) is 15.3. The second-order valence-corrected chi connectivity index (χ2v) is 5.98. The highest BCUT2D eigenvalue weighted by Crippen LogP contribution is 2.31. The van der Waals surface area contributed by atoms with Gasteiger partial charge in [-0.25, -0.2) is 9.29 Å². The molecule has 2 aromatic carbocycles. The van der Waals surface area contributed by atoms with Crippen molar-refractivity contribution in [3.05, 3.63) is 59.5 Å². The molecule has 1 aliphatic rings. The molecule has 9 heteroatoms. The number of carbonyl (C=O) groups excluding carboxylic acids is 1. The van der Waals surface area contributed by atoms with Gasteiger partial charge in [0.2, 0.25) is 0 Å². The minimum absolute atomic E-state index is 0.0315. The van der Waals surface area contributed by atoms with Gasteiger partial charge in [0.05, 0.1) is 12.3 Å². The maximum atomic E-state index is 14.0. The highest BCUT2D eigenvalue weighted by molar-refractivity contribution is 7.80. The molecule has 0 spiro atoms. The monoisotopic (exact) mass is 408 g/mol. The predicted molar refractivity (Wildman–Crippen MR) is 102 cm³/mol. The van der Waals surface area contributed by atoms with Crippen molar-refractivity contribution < 1.29 is 27.4 Å². The van der Waals surface area contributed by atoms with Gasteiger partial charge >= 0.3 is 6.61 Å². The first-order chi connectivity index (χ1) is 13.4. The number of hydrogen-bond donors (Lipinski definition) is 1. The van der Waals surface area contributed by atoms with Gasteiger partial charge in [0, 0.05) is 0 Å². The Kier molecular flexibility index (Phi) is 5.84. The molecule has 5 nitrogen and oxygen atoms in total. The molecule has 1 amide bonds. The molecular weight excluding hydrogens is 393 g/mol. The van der Waals surface area contributed by atoms with Crippen molar-refractivity contribution in [2.45, 2.75) is 13.5 Å². The van der Waals surface area contributed by atoms with Crippen molar-refractivity contribution in [2.75, 3.05) is 11.5 Å². The molecule has 0 aromatic heterocycles. The molecular formula is C19H15F3N2O3S. The van der Waals surface area contributed by atoms with Crippen LogP contribution in [-0.4, -0.2) is 24.2 Å². The molecule has 2 aromatic rings. The van der Waals surface area contributed by atoms with Crippen LogP contribution in [0.25, 0.3) is 6.08 Å². The topological polar surface area (TPSA) is 50.8 Å². The number of para-hydroxylation sites is 1.